The average molecular weight is 386 g/mol. The molecule has 7 nitrogen and oxygen atoms in total. The standard InChI is InChI=1S/C19H22N4O3S/c1-12-10-22(15-6-2-13(3-7-15)18(25)26)8-9-23(12)17(24)16-11-27-19(21-16)20-14-4-5-14/h2-3,6-7,11-12,14H,4-5,8-10H2,1H3,(H,20,21)(H,25,26). The van der Waals surface area contributed by atoms with Gasteiger partial charge < -0.3 is 20.2 Å². The molecule has 1 unspecified atom stereocenters. The van der Waals surface area contributed by atoms with E-state index in [1.54, 1.807) is 12.1 Å². The maximum absolute atomic E-state index is 12.8. The number of piperazine rings is 1. The van der Waals surface area contributed by atoms with Crippen LogP contribution in [-0.2, 0) is 0 Å². The highest BCUT2D eigenvalue weighted by atomic mass is 32.1. The molecule has 1 saturated heterocycles. The number of carboxylic acids is 1. The lowest BCUT2D eigenvalue weighted by atomic mass is 10.1. The Morgan fingerprint density at radius 2 is 1.96 bits per heavy atom. The number of carbonyl (C=O) groups is 2. The van der Waals surface area contributed by atoms with E-state index in [1.165, 1.54) is 24.2 Å². The lowest BCUT2D eigenvalue weighted by molar-refractivity contribution is 0.0665. The van der Waals surface area contributed by atoms with Crippen LogP contribution in [0.25, 0.3) is 0 Å². The number of carboxylic acid groups (broad SMARTS) is 1. The molecule has 2 fully saturated rings. The largest absolute Gasteiger partial charge is 0.478 e. The van der Waals surface area contributed by atoms with Gasteiger partial charge in [-0.25, -0.2) is 9.78 Å². The van der Waals surface area contributed by atoms with Gasteiger partial charge in [-0.1, -0.05) is 0 Å². The van der Waals surface area contributed by atoms with Crippen LogP contribution < -0.4 is 10.2 Å². The topological polar surface area (TPSA) is 85.8 Å². The van der Waals surface area contributed by atoms with Crippen molar-refractivity contribution >= 4 is 34.0 Å². The Morgan fingerprint density at radius 1 is 1.22 bits per heavy atom. The smallest absolute Gasteiger partial charge is 0.335 e. The number of nitrogens with zero attached hydrogens (tertiary/aromatic N) is 3. The van der Waals surface area contributed by atoms with E-state index in [0.717, 1.165) is 10.8 Å². The lowest BCUT2D eigenvalue weighted by Gasteiger charge is -2.40. The lowest BCUT2D eigenvalue weighted by Crippen LogP contribution is -2.54. The molecule has 2 aliphatic rings. The van der Waals surface area contributed by atoms with E-state index >= 15 is 0 Å². The zero-order valence-electron chi connectivity index (χ0n) is 15.1. The second-order valence-electron chi connectivity index (χ2n) is 7.10. The molecule has 1 aromatic heterocycles. The van der Waals surface area contributed by atoms with Gasteiger partial charge in [0.15, 0.2) is 5.13 Å². The number of aromatic nitrogens is 1. The number of thiazole rings is 1. The van der Waals surface area contributed by atoms with Crippen LogP contribution in [0.2, 0.25) is 0 Å². The summed E-state index contributed by atoms with van der Waals surface area (Å²) in [6.45, 7) is 4.06. The van der Waals surface area contributed by atoms with Crippen molar-refractivity contribution in [1.29, 1.82) is 0 Å². The number of rotatable bonds is 5. The quantitative estimate of drug-likeness (QED) is 0.822. The zero-order valence-corrected chi connectivity index (χ0v) is 15.9. The molecule has 27 heavy (non-hydrogen) atoms. The third-order valence-electron chi connectivity index (χ3n) is 5.00. The predicted molar refractivity (Wildman–Crippen MR) is 105 cm³/mol. The molecule has 0 radical (unpaired) electrons. The first-order chi connectivity index (χ1) is 13.0. The molecule has 8 heteroatoms. The Labute approximate surface area is 161 Å². The summed E-state index contributed by atoms with van der Waals surface area (Å²) in [5, 5.41) is 15.0. The molecule has 2 N–H and O–H groups in total. The molecule has 1 amide bonds. The van der Waals surface area contributed by atoms with Gasteiger partial charge in [-0.2, -0.15) is 0 Å². The Morgan fingerprint density at radius 3 is 2.59 bits per heavy atom. The average Bonchev–Trinajstić information content (AvgIpc) is 3.35. The minimum atomic E-state index is -0.927. The molecule has 142 valence electrons. The van der Waals surface area contributed by atoms with Gasteiger partial charge >= 0.3 is 5.97 Å². The number of aromatic carboxylic acids is 1. The highest BCUT2D eigenvalue weighted by molar-refractivity contribution is 7.13. The summed E-state index contributed by atoms with van der Waals surface area (Å²) >= 11 is 1.48. The second kappa shape index (κ2) is 7.19. The number of anilines is 2. The number of amides is 1. The molecule has 4 rings (SSSR count). The Balaban J connectivity index is 1.39. The summed E-state index contributed by atoms with van der Waals surface area (Å²) in [5.74, 6) is -0.951. The molecular weight excluding hydrogens is 364 g/mol. The molecule has 1 aromatic carbocycles. The van der Waals surface area contributed by atoms with E-state index in [2.05, 4.69) is 15.2 Å². The van der Waals surface area contributed by atoms with Gasteiger partial charge in [0, 0.05) is 42.8 Å². The minimum absolute atomic E-state index is 0.0246. The fourth-order valence-corrected chi connectivity index (χ4v) is 4.06. The molecule has 2 aromatic rings. The third kappa shape index (κ3) is 3.90. The molecule has 1 aliphatic carbocycles. The van der Waals surface area contributed by atoms with Crippen LogP contribution in [-0.4, -0.2) is 58.6 Å². The summed E-state index contributed by atoms with van der Waals surface area (Å²) in [7, 11) is 0. The van der Waals surface area contributed by atoms with E-state index in [9.17, 15) is 9.59 Å². The maximum atomic E-state index is 12.8. The zero-order chi connectivity index (χ0) is 19.0. The molecule has 1 aliphatic heterocycles. The van der Waals surface area contributed by atoms with E-state index in [1.807, 2.05) is 29.3 Å². The Hall–Kier alpha value is -2.61. The molecular formula is C19H22N4O3S. The van der Waals surface area contributed by atoms with Gasteiger partial charge in [0.25, 0.3) is 5.91 Å². The second-order valence-corrected chi connectivity index (χ2v) is 7.96. The van der Waals surface area contributed by atoms with Crippen LogP contribution in [0, 0.1) is 0 Å². The first-order valence-electron chi connectivity index (χ1n) is 9.12. The van der Waals surface area contributed by atoms with Crippen LogP contribution in [0.5, 0.6) is 0 Å². The third-order valence-corrected chi connectivity index (χ3v) is 5.77. The van der Waals surface area contributed by atoms with Crippen LogP contribution in [0.1, 0.15) is 40.6 Å². The first-order valence-corrected chi connectivity index (χ1v) is 10.0. The molecule has 1 saturated carbocycles. The van der Waals surface area contributed by atoms with Gasteiger partial charge in [-0.15, -0.1) is 11.3 Å². The van der Waals surface area contributed by atoms with Gasteiger partial charge in [0.2, 0.25) is 0 Å². The number of benzene rings is 1. The van der Waals surface area contributed by atoms with Crippen LogP contribution in [0.15, 0.2) is 29.6 Å². The normalized spacial score (nSPS) is 19.8. The summed E-state index contributed by atoms with van der Waals surface area (Å²) in [6.07, 6.45) is 2.35. The van der Waals surface area contributed by atoms with E-state index in [-0.39, 0.29) is 17.5 Å². The van der Waals surface area contributed by atoms with Crippen LogP contribution >= 0.6 is 11.3 Å². The summed E-state index contributed by atoms with van der Waals surface area (Å²) < 4.78 is 0. The number of carbonyl (C=O) groups excluding carboxylic acids is 1. The van der Waals surface area contributed by atoms with E-state index in [4.69, 9.17) is 5.11 Å². The molecule has 0 spiro atoms. The van der Waals surface area contributed by atoms with Crippen LogP contribution in [0.4, 0.5) is 10.8 Å². The van der Waals surface area contributed by atoms with Crippen molar-refractivity contribution in [2.24, 2.45) is 0 Å². The molecule has 1 atom stereocenters. The van der Waals surface area contributed by atoms with Crippen molar-refractivity contribution in [2.45, 2.75) is 31.8 Å². The summed E-state index contributed by atoms with van der Waals surface area (Å²) in [5.41, 5.74) is 1.76. The highest BCUT2D eigenvalue weighted by Gasteiger charge is 2.30. The van der Waals surface area contributed by atoms with Crippen LogP contribution in [0.3, 0.4) is 0 Å². The van der Waals surface area contributed by atoms with Crippen molar-refractivity contribution in [3.05, 3.63) is 40.9 Å². The summed E-state index contributed by atoms with van der Waals surface area (Å²) in [6, 6.07) is 7.45. The maximum Gasteiger partial charge on any atom is 0.335 e. The number of nitrogens with one attached hydrogen (secondary N) is 1. The minimum Gasteiger partial charge on any atom is -0.478 e. The van der Waals surface area contributed by atoms with Crippen molar-refractivity contribution in [1.82, 2.24) is 9.88 Å². The number of hydrogen-bond acceptors (Lipinski definition) is 6. The van der Waals surface area contributed by atoms with Gasteiger partial charge in [0.1, 0.15) is 5.69 Å². The van der Waals surface area contributed by atoms with Crippen molar-refractivity contribution in [2.75, 3.05) is 29.9 Å². The van der Waals surface area contributed by atoms with Crippen molar-refractivity contribution in [3.63, 3.8) is 0 Å². The monoisotopic (exact) mass is 386 g/mol. The fraction of sp³-hybridized carbons (Fsp3) is 0.421. The van der Waals surface area contributed by atoms with Gasteiger partial charge in [-0.05, 0) is 44.0 Å². The molecule has 2 heterocycles. The van der Waals surface area contributed by atoms with E-state index < -0.39 is 5.97 Å². The Bertz CT molecular complexity index is 847. The SMILES string of the molecule is CC1CN(c2ccc(C(=O)O)cc2)CCN1C(=O)c1csc(NC2CC2)n1. The van der Waals surface area contributed by atoms with Crippen molar-refractivity contribution in [3.8, 4) is 0 Å². The fourth-order valence-electron chi connectivity index (χ4n) is 3.30. The Kier molecular flexibility index (Phi) is 4.73. The van der Waals surface area contributed by atoms with Gasteiger partial charge in [-0.3, -0.25) is 4.79 Å². The molecule has 0 bridgehead atoms. The van der Waals surface area contributed by atoms with E-state index in [0.29, 0.717) is 31.4 Å². The highest BCUT2D eigenvalue weighted by Crippen LogP contribution is 2.27. The summed E-state index contributed by atoms with van der Waals surface area (Å²) in [4.78, 5) is 32.3. The number of hydrogen-bond donors (Lipinski definition) is 2. The first kappa shape index (κ1) is 17.8. The van der Waals surface area contributed by atoms with Gasteiger partial charge in [0.05, 0.1) is 5.56 Å². The predicted octanol–water partition coefficient (Wildman–Crippen LogP) is 2.77. The van der Waals surface area contributed by atoms with Crippen molar-refractivity contribution < 1.29 is 14.7 Å².